The van der Waals surface area contributed by atoms with Crippen LogP contribution in [0.25, 0.3) is 0 Å². The Balaban J connectivity index is 1.82. The summed E-state index contributed by atoms with van der Waals surface area (Å²) in [7, 11) is 0. The Morgan fingerprint density at radius 2 is 1.95 bits per heavy atom. The second-order valence-corrected chi connectivity index (χ2v) is 8.57. The third kappa shape index (κ3) is 2.95. The summed E-state index contributed by atoms with van der Waals surface area (Å²) in [5, 5.41) is 0. The summed E-state index contributed by atoms with van der Waals surface area (Å²) in [6.45, 7) is 10.9. The predicted octanol–water partition coefficient (Wildman–Crippen LogP) is 4.33. The number of hydrogen-bond acceptors (Lipinski definition) is 1. The summed E-state index contributed by atoms with van der Waals surface area (Å²) in [5.74, 6) is 0.864. The number of carbonyl (C=O) groups excluding carboxylic acids is 1. The molecule has 1 aliphatic heterocycles. The minimum Gasteiger partial charge on any atom is -0.341 e. The van der Waals surface area contributed by atoms with Gasteiger partial charge in [-0.15, -0.1) is 0 Å². The van der Waals surface area contributed by atoms with Gasteiger partial charge in [-0.1, -0.05) is 44.1 Å². The molecule has 1 amide bonds. The minimum absolute atomic E-state index is 0.272. The molecular formula is C19H29NO. The second kappa shape index (κ2) is 5.00. The molecule has 2 fully saturated rings. The fourth-order valence-corrected chi connectivity index (χ4v) is 4.50. The maximum absolute atomic E-state index is 13.2. The van der Waals surface area contributed by atoms with E-state index >= 15 is 0 Å². The van der Waals surface area contributed by atoms with Gasteiger partial charge in [-0.3, -0.25) is 4.79 Å². The van der Waals surface area contributed by atoms with E-state index in [2.05, 4.69) is 44.7 Å². The van der Waals surface area contributed by atoms with Crippen LogP contribution in [-0.2, 0) is 4.79 Å². The fourth-order valence-electron chi connectivity index (χ4n) is 4.50. The Morgan fingerprint density at radius 1 is 1.24 bits per heavy atom. The average molecular weight is 287 g/mol. The molecule has 2 atom stereocenters. The minimum atomic E-state index is -0.301. The Hall–Kier alpha value is -1.05. The van der Waals surface area contributed by atoms with E-state index in [-0.39, 0.29) is 10.8 Å². The Morgan fingerprint density at radius 3 is 2.62 bits per heavy atom. The maximum atomic E-state index is 13.2. The van der Waals surface area contributed by atoms with Gasteiger partial charge >= 0.3 is 0 Å². The first kappa shape index (κ1) is 14.9. The van der Waals surface area contributed by atoms with Crippen LogP contribution in [-0.4, -0.2) is 23.9 Å². The zero-order valence-corrected chi connectivity index (χ0v) is 14.0. The van der Waals surface area contributed by atoms with Crippen LogP contribution in [0.3, 0.4) is 0 Å². The number of nitrogens with zero attached hydrogens (tertiary/aromatic N) is 1. The van der Waals surface area contributed by atoms with E-state index in [9.17, 15) is 4.79 Å². The third-order valence-electron chi connectivity index (χ3n) is 5.37. The topological polar surface area (TPSA) is 20.3 Å². The zero-order valence-electron chi connectivity index (χ0n) is 14.0. The van der Waals surface area contributed by atoms with Gasteiger partial charge in [0.2, 0.25) is 5.91 Å². The summed E-state index contributed by atoms with van der Waals surface area (Å²) < 4.78 is 0. The highest BCUT2D eigenvalue weighted by Gasteiger charge is 2.41. The van der Waals surface area contributed by atoms with Crippen molar-refractivity contribution in [2.24, 2.45) is 16.7 Å². The fraction of sp³-hybridized carbons (Fsp3) is 0.737. The number of carbonyl (C=O) groups is 1. The maximum Gasteiger partial charge on any atom is 0.232 e. The predicted molar refractivity (Wildman–Crippen MR) is 86.9 cm³/mol. The van der Waals surface area contributed by atoms with Crippen LogP contribution in [0.15, 0.2) is 23.3 Å². The first-order chi connectivity index (χ1) is 9.77. The average Bonchev–Trinajstić information content (AvgIpc) is 2.31. The van der Waals surface area contributed by atoms with Crippen LogP contribution in [0.1, 0.15) is 59.8 Å². The van der Waals surface area contributed by atoms with Gasteiger partial charge < -0.3 is 4.90 Å². The smallest absolute Gasteiger partial charge is 0.232 e. The van der Waals surface area contributed by atoms with Crippen molar-refractivity contribution in [3.05, 3.63) is 23.3 Å². The molecule has 1 saturated heterocycles. The lowest BCUT2D eigenvalue weighted by atomic mass is 9.70. The molecule has 1 heterocycles. The highest BCUT2D eigenvalue weighted by atomic mass is 16.2. The van der Waals surface area contributed by atoms with Crippen molar-refractivity contribution in [3.63, 3.8) is 0 Å². The van der Waals surface area contributed by atoms with Gasteiger partial charge in [0.15, 0.2) is 0 Å². The van der Waals surface area contributed by atoms with E-state index in [1.807, 2.05) is 0 Å². The van der Waals surface area contributed by atoms with E-state index < -0.39 is 0 Å². The summed E-state index contributed by atoms with van der Waals surface area (Å²) in [6.07, 6.45) is 10.3. The van der Waals surface area contributed by atoms with Gasteiger partial charge in [0.05, 0.1) is 5.41 Å². The Bertz CT molecular complexity index is 504. The van der Waals surface area contributed by atoms with Crippen molar-refractivity contribution in [3.8, 4) is 0 Å². The van der Waals surface area contributed by atoms with Gasteiger partial charge in [-0.25, -0.2) is 0 Å². The molecule has 4 rings (SSSR count). The number of hydrogen-bond donors (Lipinski definition) is 0. The van der Waals surface area contributed by atoms with Crippen LogP contribution < -0.4 is 0 Å². The number of allylic oxidation sites excluding steroid dienone is 3. The molecule has 2 heteroatoms. The van der Waals surface area contributed by atoms with Crippen molar-refractivity contribution < 1.29 is 4.79 Å². The SMILES string of the molecule is CC1C=C2CC(=CC(C)(C(=O)N3CCCC(C)(C)C3)C1)C2. The van der Waals surface area contributed by atoms with E-state index in [0.717, 1.165) is 38.8 Å². The van der Waals surface area contributed by atoms with E-state index in [0.29, 0.717) is 11.8 Å². The van der Waals surface area contributed by atoms with Gasteiger partial charge in [-0.05, 0) is 50.4 Å². The molecule has 2 nitrogen and oxygen atoms in total. The van der Waals surface area contributed by atoms with Crippen molar-refractivity contribution in [2.45, 2.75) is 59.8 Å². The van der Waals surface area contributed by atoms with Gasteiger partial charge in [0.1, 0.15) is 0 Å². The van der Waals surface area contributed by atoms with Crippen LogP contribution in [0.5, 0.6) is 0 Å². The molecule has 0 N–H and O–H groups in total. The van der Waals surface area contributed by atoms with Crippen molar-refractivity contribution in [1.82, 2.24) is 4.90 Å². The van der Waals surface area contributed by atoms with Crippen molar-refractivity contribution in [2.75, 3.05) is 13.1 Å². The number of amides is 1. The van der Waals surface area contributed by atoms with Crippen LogP contribution in [0.4, 0.5) is 0 Å². The largest absolute Gasteiger partial charge is 0.341 e. The number of piperidine rings is 1. The van der Waals surface area contributed by atoms with Gasteiger partial charge in [-0.2, -0.15) is 0 Å². The highest BCUT2D eigenvalue weighted by molar-refractivity contribution is 5.85. The molecule has 0 aromatic heterocycles. The first-order valence-corrected chi connectivity index (χ1v) is 8.47. The summed E-state index contributed by atoms with van der Waals surface area (Å²) in [5.41, 5.74) is 3.02. The number of rotatable bonds is 1. The summed E-state index contributed by atoms with van der Waals surface area (Å²) in [6, 6.07) is 0. The molecule has 3 aliphatic carbocycles. The van der Waals surface area contributed by atoms with Crippen LogP contribution >= 0.6 is 0 Å². The van der Waals surface area contributed by atoms with Gasteiger partial charge in [0.25, 0.3) is 0 Å². The Labute approximate surface area is 129 Å². The summed E-state index contributed by atoms with van der Waals surface area (Å²) >= 11 is 0. The molecule has 0 aromatic carbocycles. The van der Waals surface area contributed by atoms with E-state index in [1.165, 1.54) is 12.0 Å². The number of likely N-dealkylation sites (tertiary alicyclic amines) is 1. The molecule has 1 saturated carbocycles. The first-order valence-electron chi connectivity index (χ1n) is 8.47. The third-order valence-corrected chi connectivity index (χ3v) is 5.37. The van der Waals surface area contributed by atoms with Crippen molar-refractivity contribution >= 4 is 5.91 Å². The molecule has 0 radical (unpaired) electrons. The lowest BCUT2D eigenvalue weighted by Gasteiger charge is -2.43. The second-order valence-electron chi connectivity index (χ2n) is 8.57. The van der Waals surface area contributed by atoms with Crippen LogP contribution in [0, 0.1) is 16.7 Å². The van der Waals surface area contributed by atoms with E-state index in [4.69, 9.17) is 0 Å². The monoisotopic (exact) mass is 287 g/mol. The highest BCUT2D eigenvalue weighted by Crippen LogP contribution is 2.44. The van der Waals surface area contributed by atoms with Crippen molar-refractivity contribution in [1.29, 1.82) is 0 Å². The lowest BCUT2D eigenvalue weighted by molar-refractivity contribution is -0.142. The molecule has 4 aliphatic rings. The lowest BCUT2D eigenvalue weighted by Crippen LogP contribution is -2.49. The van der Waals surface area contributed by atoms with E-state index in [1.54, 1.807) is 5.57 Å². The number of fused-ring (bicyclic) bond motifs is 4. The quantitative estimate of drug-likeness (QED) is 0.657. The molecule has 116 valence electrons. The molecule has 2 unspecified atom stereocenters. The molecular weight excluding hydrogens is 258 g/mol. The normalized spacial score (nSPS) is 35.0. The molecule has 2 bridgehead atoms. The van der Waals surface area contributed by atoms with Gasteiger partial charge in [0, 0.05) is 13.1 Å². The standard InChI is InChI=1S/C19H29NO/c1-14-8-15-9-16(10-15)12-19(4,11-14)17(21)20-7-5-6-18(2,3)13-20/h8,12,14H,5-7,9-11,13H2,1-4H3. The Kier molecular flexibility index (Phi) is 3.54. The molecule has 21 heavy (non-hydrogen) atoms. The van der Waals surface area contributed by atoms with Crippen LogP contribution in [0.2, 0.25) is 0 Å². The zero-order chi connectivity index (χ0) is 15.3. The molecule has 0 spiro atoms. The summed E-state index contributed by atoms with van der Waals surface area (Å²) in [4.78, 5) is 15.3. The molecule has 0 aromatic rings.